The number of carboxylic acid groups (broad SMARTS) is 1. The first kappa shape index (κ1) is 66.2. The molecule has 0 spiro atoms. The summed E-state index contributed by atoms with van der Waals surface area (Å²) in [5.74, 6) is -7.92. The van der Waals surface area contributed by atoms with Crippen molar-refractivity contribution in [3.8, 4) is 0 Å². The Morgan fingerprint density at radius 3 is 1.59 bits per heavy atom. The molecule has 3 heterocycles. The first-order valence-electron chi connectivity index (χ1n) is 28.5. The van der Waals surface area contributed by atoms with Crippen molar-refractivity contribution in [2.45, 2.75) is 125 Å². The third kappa shape index (κ3) is 19.8. The number of guanidine groups is 2. The van der Waals surface area contributed by atoms with Gasteiger partial charge in [-0.1, -0.05) is 60.7 Å². The minimum Gasteiger partial charge on any atom is -0.480 e. The van der Waals surface area contributed by atoms with Gasteiger partial charge >= 0.3 is 5.97 Å². The van der Waals surface area contributed by atoms with E-state index >= 15 is 0 Å². The number of aliphatic hydroxyl groups is 1. The van der Waals surface area contributed by atoms with E-state index in [-0.39, 0.29) is 94.7 Å². The number of rotatable bonds is 29. The zero-order valence-corrected chi connectivity index (χ0v) is 48.3. The molecule has 0 radical (unpaired) electrons. The Kier molecular flexibility index (Phi) is 25.3. The van der Waals surface area contributed by atoms with Crippen LogP contribution in [0.15, 0.2) is 84.9 Å². The largest absolute Gasteiger partial charge is 0.480 e. The number of benzene rings is 3. The summed E-state index contributed by atoms with van der Waals surface area (Å²) in [6.07, 6.45) is 2.66. The van der Waals surface area contributed by atoms with Gasteiger partial charge in [0.1, 0.15) is 54.2 Å². The zero-order valence-electron chi connectivity index (χ0n) is 47.5. The molecule has 3 aromatic rings. The van der Waals surface area contributed by atoms with Gasteiger partial charge in [-0.05, 0) is 112 Å². The lowest BCUT2D eigenvalue weighted by molar-refractivity contribution is -0.147. The van der Waals surface area contributed by atoms with Gasteiger partial charge in [0.15, 0.2) is 17.0 Å². The maximum Gasteiger partial charge on any atom is 0.326 e. The van der Waals surface area contributed by atoms with Crippen molar-refractivity contribution >= 4 is 88.2 Å². The Hall–Kier alpha value is -8.99. The van der Waals surface area contributed by atoms with Gasteiger partial charge < -0.3 is 84.2 Å². The van der Waals surface area contributed by atoms with E-state index in [4.69, 9.17) is 34.5 Å². The van der Waals surface area contributed by atoms with E-state index in [0.717, 1.165) is 0 Å². The maximum absolute atomic E-state index is 14.4. The Bertz CT molecular complexity index is 2900. The van der Waals surface area contributed by atoms with Crippen LogP contribution in [0.5, 0.6) is 0 Å². The van der Waals surface area contributed by atoms with E-state index in [1.807, 2.05) is 0 Å². The molecular weight excluding hydrogens is 1140 g/mol. The van der Waals surface area contributed by atoms with Crippen LogP contribution < -0.4 is 59.3 Å². The summed E-state index contributed by atoms with van der Waals surface area (Å²) in [7, 11) is 0. The number of thiocarbonyl (C=S) groups is 1. The summed E-state index contributed by atoms with van der Waals surface area (Å²) in [6.45, 7) is -0.625. The van der Waals surface area contributed by atoms with Crippen molar-refractivity contribution in [1.82, 2.24) is 57.2 Å². The molecule has 8 amide bonds. The molecule has 0 aliphatic carbocycles. The van der Waals surface area contributed by atoms with Crippen molar-refractivity contribution < 1.29 is 57.8 Å². The number of nitrogens with one attached hydrogen (secondary N) is 11. The van der Waals surface area contributed by atoms with Crippen molar-refractivity contribution in [3.05, 3.63) is 102 Å². The number of likely N-dealkylation sites (tertiary alicyclic amines) is 3. The monoisotopic (exact) mass is 1210 g/mol. The van der Waals surface area contributed by atoms with Gasteiger partial charge in [-0.2, -0.15) is 0 Å². The summed E-state index contributed by atoms with van der Waals surface area (Å²) in [6, 6.07) is 13.0. The zero-order chi connectivity index (χ0) is 62.3. The molecule has 3 aromatic carbocycles. The molecule has 464 valence electrons. The Labute approximate surface area is 502 Å². The molecule has 0 unspecified atom stereocenters. The Morgan fingerprint density at radius 2 is 1.06 bits per heavy atom. The van der Waals surface area contributed by atoms with Gasteiger partial charge in [0.05, 0.1) is 13.2 Å². The number of anilines is 1. The van der Waals surface area contributed by atoms with Gasteiger partial charge in [0, 0.05) is 51.3 Å². The second-order valence-electron chi connectivity index (χ2n) is 21.1. The highest BCUT2D eigenvalue weighted by Gasteiger charge is 2.44. The van der Waals surface area contributed by atoms with Gasteiger partial charge in [0.25, 0.3) is 0 Å². The lowest BCUT2D eigenvalue weighted by Gasteiger charge is -2.33. The number of carboxylic acids is 1. The molecule has 0 saturated carbocycles. The molecule has 27 nitrogen and oxygen atoms in total. The molecule has 0 bridgehead atoms. The van der Waals surface area contributed by atoms with Crippen LogP contribution in [0.3, 0.4) is 0 Å². The lowest BCUT2D eigenvalue weighted by Crippen LogP contribution is -2.60. The number of amides is 8. The number of hydrogen-bond acceptors (Lipinski definition) is 13. The highest BCUT2D eigenvalue weighted by atomic mass is 32.1. The fourth-order valence-electron chi connectivity index (χ4n) is 10.6. The fraction of sp³-hybridized carbons (Fsp3) is 0.474. The third-order valence-corrected chi connectivity index (χ3v) is 15.1. The summed E-state index contributed by atoms with van der Waals surface area (Å²) >= 11 is 5.51. The number of aliphatic hydroxyl groups excluding tert-OH is 1. The third-order valence-electron chi connectivity index (χ3n) is 14.9. The minimum absolute atomic E-state index is 0.0278. The highest BCUT2D eigenvalue weighted by Crippen LogP contribution is 2.27. The standard InChI is InChI=1S/C57H77FN16O11S/c58-36-21-23-37(24-22-36)66-57(86)71-38(16-7-25-63-55(59)60)51(81)74-29-11-20-45(74)53(83)73-28-9-18-43(73)49(79)65-32-46(76)67-40(30-34-12-3-1-4-13-34)47(77)70-42(33-75)52(82)72-27-10-19-44(72)50(80)69-41(31-35-14-5-2-6-15-35)48(78)68-39(54(84)85)17-8-26-64-56(61)62/h1-6,12-15,21-24,38-45,75H,7-11,16-20,25-33H2,(H,65,79)(H,67,76)(H,68,78)(H,69,80)(H,70,77)(H,84,85)(H4,59,60,63)(H4,61,62,64)(H2,66,71,86)/t38-,39-,40-,41-,42-,43+,44-,45+/m0/s1. The molecule has 29 heteroatoms. The maximum atomic E-state index is 14.4. The van der Waals surface area contributed by atoms with Crippen molar-refractivity contribution in [3.63, 3.8) is 0 Å². The predicted octanol–water partition coefficient (Wildman–Crippen LogP) is -1.40. The number of carbonyl (C=O) groups is 9. The van der Waals surface area contributed by atoms with E-state index in [1.165, 1.54) is 39.0 Å². The number of hydrogen-bond donors (Lipinski definition) is 15. The van der Waals surface area contributed by atoms with Crippen LogP contribution in [0.4, 0.5) is 10.1 Å². The smallest absolute Gasteiger partial charge is 0.326 e. The Morgan fingerprint density at radius 1 is 0.581 bits per heavy atom. The number of aliphatic carboxylic acids is 1. The Balaban J connectivity index is 1.07. The van der Waals surface area contributed by atoms with Gasteiger partial charge in [-0.25, -0.2) is 9.18 Å². The van der Waals surface area contributed by atoms with Crippen LogP contribution >= 0.6 is 12.2 Å². The van der Waals surface area contributed by atoms with Crippen LogP contribution in [-0.4, -0.2) is 189 Å². The van der Waals surface area contributed by atoms with Gasteiger partial charge in [-0.15, -0.1) is 0 Å². The molecular formula is C57H77FN16O11S. The molecule has 3 aliphatic rings. The summed E-state index contributed by atoms with van der Waals surface area (Å²) in [4.78, 5) is 129. The van der Waals surface area contributed by atoms with Crippen LogP contribution in [0.25, 0.3) is 0 Å². The molecule has 17 N–H and O–H groups in total. The average Bonchev–Trinajstić information content (AvgIpc) is 4.51. The quantitative estimate of drug-likeness (QED) is 0.0164. The molecule has 3 fully saturated rings. The number of nitrogens with zero attached hydrogens (tertiary/aromatic N) is 3. The van der Waals surface area contributed by atoms with Crippen LogP contribution in [-0.2, 0) is 56.0 Å². The first-order chi connectivity index (χ1) is 41.2. The topological polar surface area (TPSA) is 412 Å². The van der Waals surface area contributed by atoms with Crippen LogP contribution in [0, 0.1) is 16.6 Å². The van der Waals surface area contributed by atoms with Crippen molar-refractivity contribution in [2.24, 2.45) is 11.5 Å². The number of nitrogens with two attached hydrogens (primary N) is 2. The predicted molar refractivity (Wildman–Crippen MR) is 318 cm³/mol. The SMILES string of the molecule is N=C(N)NCCC[C@H](NC(=O)[C@H](Cc1ccccc1)NC(=O)[C@@H]1CCCN1C(=O)[C@H](CO)NC(=O)[C@H](Cc1ccccc1)NC(=O)CNC(=O)[C@H]1CCCN1C(=O)[C@H]1CCCN1C(=O)[C@H](CCCNC(=N)N)NC(=S)Nc1ccc(F)cc1)C(=O)O. The normalized spacial score (nSPS) is 18.0. The average molecular weight is 1210 g/mol. The number of halogens is 1. The molecule has 3 saturated heterocycles. The highest BCUT2D eigenvalue weighted by molar-refractivity contribution is 7.80. The van der Waals surface area contributed by atoms with E-state index in [9.17, 15) is 57.8 Å². The molecule has 0 aromatic heterocycles. The van der Waals surface area contributed by atoms with Gasteiger partial charge in [-0.3, -0.25) is 49.2 Å². The second-order valence-corrected chi connectivity index (χ2v) is 21.5. The summed E-state index contributed by atoms with van der Waals surface area (Å²) < 4.78 is 13.6. The number of carbonyl (C=O) groups excluding carboxylic acids is 8. The summed E-state index contributed by atoms with van der Waals surface area (Å²) in [5.41, 5.74) is 12.5. The summed E-state index contributed by atoms with van der Waals surface area (Å²) in [5, 5.41) is 59.5. The first-order valence-corrected chi connectivity index (χ1v) is 28.9. The van der Waals surface area contributed by atoms with Gasteiger partial charge in [0.2, 0.25) is 47.3 Å². The van der Waals surface area contributed by atoms with Crippen molar-refractivity contribution in [1.29, 1.82) is 10.8 Å². The molecule has 8 atom stereocenters. The minimum atomic E-state index is -1.61. The van der Waals surface area contributed by atoms with E-state index in [1.54, 1.807) is 60.7 Å². The molecule has 3 aliphatic heterocycles. The van der Waals surface area contributed by atoms with E-state index in [0.29, 0.717) is 48.9 Å². The van der Waals surface area contributed by atoms with E-state index < -0.39 is 121 Å². The lowest BCUT2D eigenvalue weighted by atomic mass is 10.0. The van der Waals surface area contributed by atoms with Crippen LogP contribution in [0.2, 0.25) is 0 Å². The van der Waals surface area contributed by atoms with Crippen LogP contribution in [0.1, 0.15) is 75.3 Å². The van der Waals surface area contributed by atoms with Crippen molar-refractivity contribution in [2.75, 3.05) is 51.2 Å². The molecule has 6 rings (SSSR count). The van der Waals surface area contributed by atoms with E-state index in [2.05, 4.69) is 47.9 Å². The molecule has 86 heavy (non-hydrogen) atoms. The fourth-order valence-corrected chi connectivity index (χ4v) is 10.8. The second kappa shape index (κ2) is 32.9.